The molecule has 1 heterocycles. The number of esters is 1. The molecule has 1 fully saturated rings. The van der Waals surface area contributed by atoms with Crippen molar-refractivity contribution >= 4 is 5.97 Å². The first-order valence-corrected chi connectivity index (χ1v) is 5.92. The Kier molecular flexibility index (Phi) is 3.32. The van der Waals surface area contributed by atoms with Crippen LogP contribution in [0.3, 0.4) is 0 Å². The molecular formula is C13H18O3. The Balaban J connectivity index is 1.95. The van der Waals surface area contributed by atoms with Crippen molar-refractivity contribution in [3.05, 3.63) is 23.7 Å². The van der Waals surface area contributed by atoms with Crippen molar-refractivity contribution in [2.75, 3.05) is 0 Å². The summed E-state index contributed by atoms with van der Waals surface area (Å²) < 4.78 is 10.6. The summed E-state index contributed by atoms with van der Waals surface area (Å²) in [5.41, 5.74) is 0.842. The number of rotatable bonds is 2. The molecule has 0 radical (unpaired) electrons. The lowest BCUT2D eigenvalue weighted by atomic mass is 9.89. The second-order valence-corrected chi connectivity index (χ2v) is 4.73. The number of aryl methyl sites for hydroxylation is 1. The van der Waals surface area contributed by atoms with Crippen molar-refractivity contribution in [1.29, 1.82) is 0 Å². The Morgan fingerprint density at radius 1 is 1.50 bits per heavy atom. The monoisotopic (exact) mass is 222 g/mol. The molecule has 3 nitrogen and oxygen atoms in total. The number of hydrogen-bond donors (Lipinski definition) is 0. The van der Waals surface area contributed by atoms with Crippen LogP contribution in [0.5, 0.6) is 0 Å². The van der Waals surface area contributed by atoms with E-state index in [2.05, 4.69) is 6.92 Å². The minimum absolute atomic E-state index is 0.0701. The Bertz CT molecular complexity index is 367. The molecule has 2 unspecified atom stereocenters. The summed E-state index contributed by atoms with van der Waals surface area (Å²) in [5.74, 6) is 0.684. The standard InChI is InChI=1S/C13H18O3/c1-9-4-3-5-11(8-9)16-13(14)12-10(2)6-7-15-12/h6-7,9,11H,3-5,8H2,1-2H3. The number of hydrogen-bond acceptors (Lipinski definition) is 3. The SMILES string of the molecule is Cc1ccoc1C(=O)OC1CCCC(C)C1. The average molecular weight is 222 g/mol. The molecule has 0 aliphatic heterocycles. The van der Waals surface area contributed by atoms with Gasteiger partial charge in [-0.05, 0) is 38.2 Å². The molecule has 0 aromatic carbocycles. The lowest BCUT2D eigenvalue weighted by Crippen LogP contribution is -2.24. The molecule has 16 heavy (non-hydrogen) atoms. The number of furan rings is 1. The van der Waals surface area contributed by atoms with E-state index >= 15 is 0 Å². The number of carbonyl (C=O) groups is 1. The second kappa shape index (κ2) is 4.73. The zero-order valence-corrected chi connectivity index (χ0v) is 9.86. The molecule has 0 N–H and O–H groups in total. The van der Waals surface area contributed by atoms with Crippen molar-refractivity contribution < 1.29 is 13.9 Å². The van der Waals surface area contributed by atoms with Crippen LogP contribution in [-0.4, -0.2) is 12.1 Å². The average Bonchev–Trinajstić information content (AvgIpc) is 2.64. The van der Waals surface area contributed by atoms with E-state index in [4.69, 9.17) is 9.15 Å². The molecule has 1 aromatic rings. The van der Waals surface area contributed by atoms with Crippen molar-refractivity contribution in [3.63, 3.8) is 0 Å². The number of carbonyl (C=O) groups excluding carboxylic acids is 1. The normalized spacial score (nSPS) is 25.4. The summed E-state index contributed by atoms with van der Waals surface area (Å²) in [5, 5.41) is 0. The van der Waals surface area contributed by atoms with Crippen molar-refractivity contribution in [1.82, 2.24) is 0 Å². The first kappa shape index (κ1) is 11.2. The second-order valence-electron chi connectivity index (χ2n) is 4.73. The Morgan fingerprint density at radius 3 is 2.94 bits per heavy atom. The summed E-state index contributed by atoms with van der Waals surface area (Å²) in [4.78, 5) is 11.8. The van der Waals surface area contributed by atoms with Crippen LogP contribution in [0.1, 0.15) is 48.7 Å². The van der Waals surface area contributed by atoms with Gasteiger partial charge in [-0.25, -0.2) is 4.79 Å². The fourth-order valence-corrected chi connectivity index (χ4v) is 2.27. The van der Waals surface area contributed by atoms with Crippen LogP contribution < -0.4 is 0 Å². The van der Waals surface area contributed by atoms with Gasteiger partial charge in [-0.2, -0.15) is 0 Å². The molecule has 88 valence electrons. The van der Waals surface area contributed by atoms with E-state index in [0.717, 1.165) is 24.8 Å². The fraction of sp³-hybridized carbons (Fsp3) is 0.615. The van der Waals surface area contributed by atoms with Crippen LogP contribution in [0.25, 0.3) is 0 Å². The molecule has 1 aromatic heterocycles. The highest BCUT2D eigenvalue weighted by molar-refractivity contribution is 5.87. The van der Waals surface area contributed by atoms with Gasteiger partial charge < -0.3 is 9.15 Å². The predicted octanol–water partition coefficient (Wildman–Crippen LogP) is 3.32. The molecule has 2 rings (SSSR count). The van der Waals surface area contributed by atoms with Gasteiger partial charge >= 0.3 is 5.97 Å². The summed E-state index contributed by atoms with van der Waals surface area (Å²) in [6.07, 6.45) is 5.95. The molecule has 0 saturated heterocycles. The van der Waals surface area contributed by atoms with Crippen LogP contribution >= 0.6 is 0 Å². The molecule has 3 heteroatoms. The van der Waals surface area contributed by atoms with Gasteiger partial charge in [0.15, 0.2) is 0 Å². The zero-order chi connectivity index (χ0) is 11.5. The first-order valence-electron chi connectivity index (χ1n) is 5.92. The van der Waals surface area contributed by atoms with Crippen LogP contribution in [0.15, 0.2) is 16.7 Å². The van der Waals surface area contributed by atoms with Gasteiger partial charge in [0.1, 0.15) is 6.10 Å². The van der Waals surface area contributed by atoms with Crippen LogP contribution in [0.4, 0.5) is 0 Å². The first-order chi connectivity index (χ1) is 7.66. The lowest BCUT2D eigenvalue weighted by Gasteiger charge is -2.26. The van der Waals surface area contributed by atoms with E-state index in [1.807, 2.05) is 6.92 Å². The molecular weight excluding hydrogens is 204 g/mol. The highest BCUT2D eigenvalue weighted by Gasteiger charge is 2.24. The van der Waals surface area contributed by atoms with E-state index in [9.17, 15) is 4.79 Å². The minimum Gasteiger partial charge on any atom is -0.457 e. The van der Waals surface area contributed by atoms with Gasteiger partial charge in [0.05, 0.1) is 6.26 Å². The van der Waals surface area contributed by atoms with Gasteiger partial charge in [-0.3, -0.25) is 0 Å². The topological polar surface area (TPSA) is 39.4 Å². The number of ether oxygens (including phenoxy) is 1. The van der Waals surface area contributed by atoms with Crippen LogP contribution in [0, 0.1) is 12.8 Å². The smallest absolute Gasteiger partial charge is 0.374 e. The highest BCUT2D eigenvalue weighted by Crippen LogP contribution is 2.26. The Morgan fingerprint density at radius 2 is 2.31 bits per heavy atom. The van der Waals surface area contributed by atoms with E-state index < -0.39 is 0 Å². The summed E-state index contributed by atoms with van der Waals surface area (Å²) in [6.45, 7) is 4.06. The van der Waals surface area contributed by atoms with Gasteiger partial charge in [-0.1, -0.05) is 13.3 Å². The van der Waals surface area contributed by atoms with Gasteiger partial charge in [0.2, 0.25) is 5.76 Å². The molecule has 1 saturated carbocycles. The molecule has 0 spiro atoms. The van der Waals surface area contributed by atoms with Gasteiger partial charge in [-0.15, -0.1) is 0 Å². The quantitative estimate of drug-likeness (QED) is 0.720. The Labute approximate surface area is 95.8 Å². The summed E-state index contributed by atoms with van der Waals surface area (Å²) >= 11 is 0. The fourth-order valence-electron chi connectivity index (χ4n) is 2.27. The van der Waals surface area contributed by atoms with Crippen molar-refractivity contribution in [2.45, 2.75) is 45.6 Å². The van der Waals surface area contributed by atoms with Crippen molar-refractivity contribution in [3.8, 4) is 0 Å². The van der Waals surface area contributed by atoms with E-state index in [1.54, 1.807) is 6.07 Å². The molecule has 1 aliphatic rings. The third-order valence-electron chi connectivity index (χ3n) is 3.21. The summed E-state index contributed by atoms with van der Waals surface area (Å²) in [6, 6.07) is 1.78. The highest BCUT2D eigenvalue weighted by atomic mass is 16.6. The zero-order valence-electron chi connectivity index (χ0n) is 9.86. The maximum Gasteiger partial charge on any atom is 0.374 e. The maximum absolute atomic E-state index is 11.8. The minimum atomic E-state index is -0.318. The molecule has 0 amide bonds. The van der Waals surface area contributed by atoms with E-state index in [1.165, 1.54) is 12.7 Å². The third kappa shape index (κ3) is 2.46. The largest absolute Gasteiger partial charge is 0.457 e. The summed E-state index contributed by atoms with van der Waals surface area (Å²) in [7, 11) is 0. The third-order valence-corrected chi connectivity index (χ3v) is 3.21. The predicted molar refractivity (Wildman–Crippen MR) is 60.3 cm³/mol. The van der Waals surface area contributed by atoms with Crippen molar-refractivity contribution in [2.24, 2.45) is 5.92 Å². The van der Waals surface area contributed by atoms with E-state index in [0.29, 0.717) is 11.7 Å². The maximum atomic E-state index is 11.8. The Hall–Kier alpha value is -1.25. The van der Waals surface area contributed by atoms with Gasteiger partial charge in [0, 0.05) is 5.56 Å². The lowest BCUT2D eigenvalue weighted by molar-refractivity contribution is 0.0121. The van der Waals surface area contributed by atoms with Gasteiger partial charge in [0.25, 0.3) is 0 Å². The molecule has 1 aliphatic carbocycles. The van der Waals surface area contributed by atoms with Crippen LogP contribution in [-0.2, 0) is 4.74 Å². The molecule has 2 atom stereocenters. The molecule has 0 bridgehead atoms. The van der Waals surface area contributed by atoms with Crippen LogP contribution in [0.2, 0.25) is 0 Å². The van der Waals surface area contributed by atoms with E-state index in [-0.39, 0.29) is 12.1 Å².